The normalized spacial score (nSPS) is 18.0. The van der Waals surface area contributed by atoms with Crippen LogP contribution in [-0.2, 0) is 4.74 Å². The van der Waals surface area contributed by atoms with Gasteiger partial charge in [0, 0.05) is 30.4 Å². The van der Waals surface area contributed by atoms with E-state index in [1.54, 1.807) is 6.07 Å². The fraction of sp³-hybridized carbons (Fsp3) is 0.438. The molecule has 0 bridgehead atoms. The van der Waals surface area contributed by atoms with E-state index in [9.17, 15) is 4.39 Å². The Balaban J connectivity index is 2.25. The average molecular weight is 274 g/mol. The Morgan fingerprint density at radius 2 is 2.35 bits per heavy atom. The van der Waals surface area contributed by atoms with Crippen molar-refractivity contribution in [2.45, 2.75) is 38.8 Å². The first-order valence-corrected chi connectivity index (χ1v) is 6.95. The lowest BCUT2D eigenvalue weighted by molar-refractivity contribution is 0.0341. The number of hydrogen-bond donors (Lipinski definition) is 2. The molecule has 2 rings (SSSR count). The molecule has 1 aliphatic rings. The molecule has 0 spiro atoms. The smallest absolute Gasteiger partial charge is 0.148 e. The lowest BCUT2D eigenvalue weighted by Crippen LogP contribution is -2.28. The predicted octanol–water partition coefficient (Wildman–Crippen LogP) is 3.52. The Hall–Kier alpha value is -1.86. The maximum atomic E-state index is 14.2. The van der Waals surface area contributed by atoms with Crippen LogP contribution in [0, 0.1) is 23.1 Å². The summed E-state index contributed by atoms with van der Waals surface area (Å²) in [6, 6.07) is 3.13. The third-order valence-electron chi connectivity index (χ3n) is 3.17. The zero-order chi connectivity index (χ0) is 14.4. The van der Waals surface area contributed by atoms with Gasteiger partial charge in [-0.15, -0.1) is 0 Å². The molecule has 0 radical (unpaired) electrons. The van der Waals surface area contributed by atoms with Crippen LogP contribution in [0.4, 0.5) is 10.1 Å². The summed E-state index contributed by atoms with van der Waals surface area (Å²) in [5, 5.41) is 10.5. The lowest BCUT2D eigenvalue weighted by atomic mass is 10.1. The third-order valence-corrected chi connectivity index (χ3v) is 3.17. The van der Waals surface area contributed by atoms with Crippen molar-refractivity contribution >= 4 is 11.9 Å². The number of benzene rings is 1. The molecule has 1 atom stereocenters. The monoisotopic (exact) mass is 274 g/mol. The van der Waals surface area contributed by atoms with E-state index in [0.29, 0.717) is 23.4 Å². The van der Waals surface area contributed by atoms with Gasteiger partial charge in [-0.25, -0.2) is 4.39 Å². The van der Waals surface area contributed by atoms with Gasteiger partial charge in [-0.2, -0.15) is 0 Å². The quantitative estimate of drug-likeness (QED) is 0.654. The molecule has 2 N–H and O–H groups in total. The van der Waals surface area contributed by atoms with Crippen molar-refractivity contribution in [2.24, 2.45) is 0 Å². The van der Waals surface area contributed by atoms with Crippen LogP contribution < -0.4 is 5.32 Å². The fourth-order valence-electron chi connectivity index (χ4n) is 2.17. The van der Waals surface area contributed by atoms with Crippen molar-refractivity contribution in [1.82, 2.24) is 0 Å². The molecule has 1 aromatic carbocycles. The van der Waals surface area contributed by atoms with Gasteiger partial charge in [-0.05, 0) is 31.4 Å². The van der Waals surface area contributed by atoms with Crippen LogP contribution in [0.25, 0.3) is 0 Å². The molecule has 1 unspecified atom stereocenters. The Morgan fingerprint density at radius 3 is 3.00 bits per heavy atom. The molecular formula is C16H19FN2O. The van der Waals surface area contributed by atoms with Crippen LogP contribution in [0.1, 0.15) is 43.7 Å². The van der Waals surface area contributed by atoms with Gasteiger partial charge in [-0.3, -0.25) is 0 Å². The molecule has 4 heteroatoms. The molecule has 1 fully saturated rings. The molecule has 0 amide bonds. The minimum Gasteiger partial charge on any atom is -0.359 e. The zero-order valence-corrected chi connectivity index (χ0v) is 11.6. The second kappa shape index (κ2) is 7.06. The Kier molecular flexibility index (Phi) is 5.14. The first-order chi connectivity index (χ1) is 9.74. The maximum absolute atomic E-state index is 14.2. The van der Waals surface area contributed by atoms with E-state index in [0.717, 1.165) is 31.9 Å². The molecule has 1 aliphatic heterocycles. The van der Waals surface area contributed by atoms with Gasteiger partial charge in [0.2, 0.25) is 0 Å². The fourth-order valence-corrected chi connectivity index (χ4v) is 2.17. The first kappa shape index (κ1) is 14.5. The molecule has 1 saturated heterocycles. The Bertz CT molecular complexity index is 539. The maximum Gasteiger partial charge on any atom is 0.148 e. The minimum atomic E-state index is -0.388. The van der Waals surface area contributed by atoms with Crippen molar-refractivity contribution in [2.75, 3.05) is 11.9 Å². The van der Waals surface area contributed by atoms with Crippen molar-refractivity contribution in [3.63, 3.8) is 0 Å². The highest BCUT2D eigenvalue weighted by atomic mass is 19.1. The number of hydrogen-bond acceptors (Lipinski definition) is 3. The van der Waals surface area contributed by atoms with Crippen molar-refractivity contribution in [3.8, 4) is 11.8 Å². The highest BCUT2D eigenvalue weighted by Gasteiger charge is 2.17. The van der Waals surface area contributed by atoms with Crippen LogP contribution in [0.15, 0.2) is 12.1 Å². The highest BCUT2D eigenvalue weighted by molar-refractivity contribution is 5.86. The number of halogens is 1. The third kappa shape index (κ3) is 3.58. The molecule has 0 aliphatic carbocycles. The second-order valence-corrected chi connectivity index (χ2v) is 4.72. The van der Waals surface area contributed by atoms with Gasteiger partial charge in [-0.1, -0.05) is 18.8 Å². The molecule has 3 nitrogen and oxygen atoms in total. The Morgan fingerprint density at radius 1 is 1.50 bits per heavy atom. The molecule has 1 heterocycles. The number of anilines is 1. The molecule has 106 valence electrons. The van der Waals surface area contributed by atoms with Crippen molar-refractivity contribution in [3.05, 3.63) is 29.1 Å². The summed E-state index contributed by atoms with van der Waals surface area (Å²) in [6.45, 7) is 2.64. The van der Waals surface area contributed by atoms with Gasteiger partial charge < -0.3 is 15.5 Å². The van der Waals surface area contributed by atoms with E-state index in [2.05, 4.69) is 17.2 Å². The summed E-state index contributed by atoms with van der Waals surface area (Å²) < 4.78 is 19.7. The van der Waals surface area contributed by atoms with Crippen LogP contribution in [-0.4, -0.2) is 19.0 Å². The summed E-state index contributed by atoms with van der Waals surface area (Å²) in [5.74, 6) is 5.41. The average Bonchev–Trinajstić information content (AvgIpc) is 2.48. The van der Waals surface area contributed by atoms with Gasteiger partial charge in [0.15, 0.2) is 0 Å². The molecule has 1 aromatic rings. The van der Waals surface area contributed by atoms with Crippen molar-refractivity contribution in [1.29, 1.82) is 5.41 Å². The summed E-state index contributed by atoms with van der Waals surface area (Å²) in [4.78, 5) is 0. The van der Waals surface area contributed by atoms with Crippen LogP contribution in [0.2, 0.25) is 0 Å². The zero-order valence-electron chi connectivity index (χ0n) is 11.6. The van der Waals surface area contributed by atoms with Crippen LogP contribution in [0.5, 0.6) is 0 Å². The first-order valence-electron chi connectivity index (χ1n) is 6.95. The van der Waals surface area contributed by atoms with Gasteiger partial charge in [0.1, 0.15) is 12.0 Å². The van der Waals surface area contributed by atoms with Gasteiger partial charge in [0.25, 0.3) is 0 Å². The number of ether oxygens (including phenoxy) is 1. The van der Waals surface area contributed by atoms with Crippen LogP contribution in [0.3, 0.4) is 0 Å². The van der Waals surface area contributed by atoms with E-state index < -0.39 is 0 Å². The molecule has 0 saturated carbocycles. The Labute approximate surface area is 119 Å². The van der Waals surface area contributed by atoms with E-state index in [4.69, 9.17) is 10.1 Å². The van der Waals surface area contributed by atoms with Gasteiger partial charge >= 0.3 is 0 Å². The van der Waals surface area contributed by atoms with E-state index in [-0.39, 0.29) is 12.0 Å². The molecular weight excluding hydrogens is 255 g/mol. The summed E-state index contributed by atoms with van der Waals surface area (Å²) in [7, 11) is 0. The summed E-state index contributed by atoms with van der Waals surface area (Å²) in [5.41, 5.74) is 1.42. The molecule has 20 heavy (non-hydrogen) atoms. The molecule has 0 aromatic heterocycles. The second-order valence-electron chi connectivity index (χ2n) is 4.72. The topological polar surface area (TPSA) is 45.1 Å². The van der Waals surface area contributed by atoms with E-state index >= 15 is 0 Å². The highest BCUT2D eigenvalue weighted by Crippen LogP contribution is 2.24. The van der Waals surface area contributed by atoms with Crippen molar-refractivity contribution < 1.29 is 9.13 Å². The number of nitrogens with one attached hydrogen (secondary N) is 2. The SMILES string of the molecule is CCC#Cc1cc(F)c(NC2CCCCO2)c(C=N)c1. The van der Waals surface area contributed by atoms with E-state index in [1.165, 1.54) is 6.07 Å². The summed E-state index contributed by atoms with van der Waals surface area (Å²) >= 11 is 0. The van der Waals surface area contributed by atoms with E-state index in [1.807, 2.05) is 6.92 Å². The standard InChI is InChI=1S/C16H19FN2O/c1-2-3-6-12-9-13(11-18)16(14(17)10-12)19-15-7-4-5-8-20-15/h9-11,15,18-19H,2,4-5,7-8H2,1H3. The number of rotatable bonds is 3. The van der Waals surface area contributed by atoms with Gasteiger partial charge in [0.05, 0.1) is 5.69 Å². The minimum absolute atomic E-state index is 0.176. The van der Waals surface area contributed by atoms with Crippen LogP contribution >= 0.6 is 0 Å². The lowest BCUT2D eigenvalue weighted by Gasteiger charge is -2.25. The summed E-state index contributed by atoms with van der Waals surface area (Å²) in [6.07, 6.45) is 4.66. The largest absolute Gasteiger partial charge is 0.359 e. The predicted molar refractivity (Wildman–Crippen MR) is 78.7 cm³/mol.